The van der Waals surface area contributed by atoms with Crippen molar-refractivity contribution in [1.29, 1.82) is 0 Å². The number of nitrogens with zero attached hydrogens (tertiary/aromatic N) is 2. The van der Waals surface area contributed by atoms with Gasteiger partial charge in [0, 0.05) is 19.6 Å². The molecule has 4 nitrogen and oxygen atoms in total. The van der Waals surface area contributed by atoms with Crippen LogP contribution in [0.25, 0.3) is 0 Å². The predicted molar refractivity (Wildman–Crippen MR) is 83.8 cm³/mol. The third-order valence-corrected chi connectivity index (χ3v) is 3.94. The van der Waals surface area contributed by atoms with E-state index in [4.69, 9.17) is 5.73 Å². The summed E-state index contributed by atoms with van der Waals surface area (Å²) in [4.78, 5) is 16.5. The topological polar surface area (TPSA) is 49.6 Å². The van der Waals surface area contributed by atoms with E-state index < -0.39 is 0 Å². The second-order valence-electron chi connectivity index (χ2n) is 5.37. The molecule has 1 heterocycles. The molecule has 1 aromatic carbocycles. The van der Waals surface area contributed by atoms with Crippen molar-refractivity contribution in [3.05, 3.63) is 24.3 Å². The van der Waals surface area contributed by atoms with Gasteiger partial charge in [-0.1, -0.05) is 25.0 Å². The number of benzene rings is 1. The maximum atomic E-state index is 12.4. The van der Waals surface area contributed by atoms with Gasteiger partial charge in [-0.25, -0.2) is 0 Å². The number of para-hydroxylation sites is 2. The maximum absolute atomic E-state index is 12.4. The number of anilines is 2. The van der Waals surface area contributed by atoms with Crippen LogP contribution in [0.15, 0.2) is 24.3 Å². The van der Waals surface area contributed by atoms with Crippen LogP contribution in [0.4, 0.5) is 11.4 Å². The zero-order valence-electron chi connectivity index (χ0n) is 12.3. The van der Waals surface area contributed by atoms with Crippen molar-refractivity contribution in [3.8, 4) is 0 Å². The Morgan fingerprint density at radius 3 is 2.45 bits per heavy atom. The van der Waals surface area contributed by atoms with E-state index in [1.807, 2.05) is 29.2 Å². The fourth-order valence-electron chi connectivity index (χ4n) is 2.73. The summed E-state index contributed by atoms with van der Waals surface area (Å²) in [6, 6.07) is 7.75. The first-order valence-electron chi connectivity index (χ1n) is 7.59. The molecule has 20 heavy (non-hydrogen) atoms. The van der Waals surface area contributed by atoms with Gasteiger partial charge in [0.25, 0.3) is 0 Å². The first-order chi connectivity index (χ1) is 9.72. The van der Waals surface area contributed by atoms with Crippen molar-refractivity contribution in [2.24, 2.45) is 0 Å². The second-order valence-corrected chi connectivity index (χ2v) is 5.37. The smallest absolute Gasteiger partial charge is 0.242 e. The number of rotatable bonds is 4. The van der Waals surface area contributed by atoms with Crippen LogP contribution >= 0.6 is 0 Å². The lowest BCUT2D eigenvalue weighted by atomic mass is 10.2. The van der Waals surface area contributed by atoms with E-state index >= 15 is 0 Å². The van der Waals surface area contributed by atoms with Gasteiger partial charge >= 0.3 is 0 Å². The summed E-state index contributed by atoms with van der Waals surface area (Å²) in [5.74, 6) is 0.219. The van der Waals surface area contributed by atoms with Gasteiger partial charge in [0.05, 0.1) is 17.9 Å². The number of carbonyl (C=O) groups excluding carboxylic acids is 1. The number of nitrogen functional groups attached to an aromatic ring is 1. The number of hydrogen-bond donors (Lipinski definition) is 1. The molecule has 1 amide bonds. The zero-order valence-corrected chi connectivity index (χ0v) is 12.3. The van der Waals surface area contributed by atoms with Gasteiger partial charge in [-0.3, -0.25) is 4.79 Å². The van der Waals surface area contributed by atoms with Crippen LogP contribution in [-0.4, -0.2) is 37.0 Å². The molecule has 1 aromatic rings. The average molecular weight is 275 g/mol. The molecular formula is C16H25N3O. The Labute approximate surface area is 121 Å². The van der Waals surface area contributed by atoms with Gasteiger partial charge in [-0.2, -0.15) is 0 Å². The Hall–Kier alpha value is -1.71. The third-order valence-electron chi connectivity index (χ3n) is 3.94. The van der Waals surface area contributed by atoms with Crippen LogP contribution in [0.1, 0.15) is 32.6 Å². The molecule has 4 heteroatoms. The molecular weight excluding hydrogens is 250 g/mol. The average Bonchev–Trinajstić information content (AvgIpc) is 2.74. The quantitative estimate of drug-likeness (QED) is 0.859. The summed E-state index contributed by atoms with van der Waals surface area (Å²) in [7, 11) is 0. The first kappa shape index (κ1) is 14.7. The highest BCUT2D eigenvalue weighted by atomic mass is 16.2. The highest BCUT2D eigenvalue weighted by molar-refractivity contribution is 5.83. The molecule has 1 saturated heterocycles. The standard InChI is InChI=1S/C16H25N3O/c1-2-18(15-10-6-5-9-14(15)17)13-16(20)19-11-7-3-4-8-12-19/h5-6,9-10H,2-4,7-8,11-13,17H2,1H3. The molecule has 1 aliphatic heterocycles. The number of likely N-dealkylation sites (tertiary alicyclic amines) is 1. The van der Waals surface area contributed by atoms with Crippen molar-refractivity contribution in [3.63, 3.8) is 0 Å². The Kier molecular flexibility index (Phi) is 5.27. The highest BCUT2D eigenvalue weighted by Gasteiger charge is 2.19. The summed E-state index contributed by atoms with van der Waals surface area (Å²) < 4.78 is 0. The van der Waals surface area contributed by atoms with Crippen LogP contribution in [0.5, 0.6) is 0 Å². The van der Waals surface area contributed by atoms with Gasteiger partial charge in [-0.15, -0.1) is 0 Å². The molecule has 0 saturated carbocycles. The van der Waals surface area contributed by atoms with E-state index in [-0.39, 0.29) is 5.91 Å². The van der Waals surface area contributed by atoms with Gasteiger partial charge in [0.2, 0.25) is 5.91 Å². The van der Waals surface area contributed by atoms with Crippen LogP contribution in [0.3, 0.4) is 0 Å². The van der Waals surface area contributed by atoms with Crippen LogP contribution < -0.4 is 10.6 Å². The molecule has 2 N–H and O–H groups in total. The van der Waals surface area contributed by atoms with Gasteiger partial charge in [0.1, 0.15) is 0 Å². The minimum Gasteiger partial charge on any atom is -0.397 e. The minimum atomic E-state index is 0.219. The molecule has 0 radical (unpaired) electrons. The lowest BCUT2D eigenvalue weighted by molar-refractivity contribution is -0.129. The summed E-state index contributed by atoms with van der Waals surface area (Å²) in [5, 5.41) is 0. The molecule has 0 unspecified atom stereocenters. The third kappa shape index (κ3) is 3.65. The van der Waals surface area contributed by atoms with Crippen molar-refractivity contribution < 1.29 is 4.79 Å². The first-order valence-corrected chi connectivity index (χ1v) is 7.59. The van der Waals surface area contributed by atoms with Crippen LogP contribution in [0.2, 0.25) is 0 Å². The van der Waals surface area contributed by atoms with Gasteiger partial charge < -0.3 is 15.5 Å². The van der Waals surface area contributed by atoms with Crippen molar-refractivity contribution in [2.45, 2.75) is 32.6 Å². The number of carbonyl (C=O) groups is 1. The maximum Gasteiger partial charge on any atom is 0.242 e. The molecule has 0 atom stereocenters. The van der Waals surface area contributed by atoms with E-state index in [0.29, 0.717) is 6.54 Å². The molecule has 0 aliphatic carbocycles. The molecule has 1 fully saturated rings. The Morgan fingerprint density at radius 2 is 1.85 bits per heavy atom. The van der Waals surface area contributed by atoms with Crippen LogP contribution in [-0.2, 0) is 4.79 Å². The largest absolute Gasteiger partial charge is 0.397 e. The fourth-order valence-corrected chi connectivity index (χ4v) is 2.73. The second kappa shape index (κ2) is 7.17. The molecule has 2 rings (SSSR count). The van der Waals surface area contributed by atoms with E-state index in [0.717, 1.165) is 43.9 Å². The number of amides is 1. The number of likely N-dealkylation sites (N-methyl/N-ethyl adjacent to an activating group) is 1. The van der Waals surface area contributed by atoms with E-state index in [2.05, 4.69) is 11.8 Å². The summed E-state index contributed by atoms with van der Waals surface area (Å²) >= 11 is 0. The van der Waals surface area contributed by atoms with Crippen molar-refractivity contribution >= 4 is 17.3 Å². The minimum absolute atomic E-state index is 0.219. The molecule has 0 aromatic heterocycles. The molecule has 110 valence electrons. The van der Waals surface area contributed by atoms with Gasteiger partial charge in [0.15, 0.2) is 0 Å². The Morgan fingerprint density at radius 1 is 1.20 bits per heavy atom. The van der Waals surface area contributed by atoms with Gasteiger partial charge in [-0.05, 0) is 31.9 Å². The number of hydrogen-bond acceptors (Lipinski definition) is 3. The Bertz CT molecular complexity index is 439. The normalized spacial score (nSPS) is 15.8. The highest BCUT2D eigenvalue weighted by Crippen LogP contribution is 2.22. The predicted octanol–water partition coefficient (Wildman–Crippen LogP) is 2.50. The monoisotopic (exact) mass is 275 g/mol. The summed E-state index contributed by atoms with van der Waals surface area (Å²) in [6.45, 7) is 5.07. The van der Waals surface area contributed by atoms with E-state index in [1.165, 1.54) is 12.8 Å². The van der Waals surface area contributed by atoms with Crippen molar-refractivity contribution in [1.82, 2.24) is 4.90 Å². The lowest BCUT2D eigenvalue weighted by Crippen LogP contribution is -2.41. The summed E-state index contributed by atoms with van der Waals surface area (Å²) in [5.41, 5.74) is 7.70. The Balaban J connectivity index is 2.02. The summed E-state index contributed by atoms with van der Waals surface area (Å²) in [6.07, 6.45) is 4.75. The molecule has 0 bridgehead atoms. The van der Waals surface area contributed by atoms with Crippen LogP contribution in [0, 0.1) is 0 Å². The van der Waals surface area contributed by atoms with E-state index in [9.17, 15) is 4.79 Å². The molecule has 1 aliphatic rings. The van der Waals surface area contributed by atoms with E-state index in [1.54, 1.807) is 0 Å². The van der Waals surface area contributed by atoms with Crippen molar-refractivity contribution in [2.75, 3.05) is 36.8 Å². The lowest BCUT2D eigenvalue weighted by Gasteiger charge is -2.28. The molecule has 0 spiro atoms. The zero-order chi connectivity index (χ0) is 14.4. The SMILES string of the molecule is CCN(CC(=O)N1CCCCCC1)c1ccccc1N. The number of nitrogens with two attached hydrogens (primary N) is 1. The fraction of sp³-hybridized carbons (Fsp3) is 0.562.